The summed E-state index contributed by atoms with van der Waals surface area (Å²) in [5.74, 6) is 0.487. The number of methoxy groups -OCH3 is 1. The Bertz CT molecular complexity index is 960. The van der Waals surface area contributed by atoms with Gasteiger partial charge >= 0.3 is 0 Å². The normalized spacial score (nSPS) is 14.6. The summed E-state index contributed by atoms with van der Waals surface area (Å²) < 4.78 is 16.6. The Kier molecular flexibility index (Phi) is 7.31. The van der Waals surface area contributed by atoms with Gasteiger partial charge in [0.1, 0.15) is 11.3 Å². The van der Waals surface area contributed by atoms with E-state index in [1.807, 2.05) is 0 Å². The van der Waals surface area contributed by atoms with E-state index in [1.54, 1.807) is 30.2 Å². The molecule has 2 aromatic heterocycles. The van der Waals surface area contributed by atoms with Crippen LogP contribution in [0.5, 0.6) is 5.75 Å². The number of morpholine rings is 1. The number of carbonyl (C=O) groups is 1. The maximum Gasteiger partial charge on any atom is 0.298 e. The van der Waals surface area contributed by atoms with Gasteiger partial charge in [-0.15, -0.1) is 12.4 Å². The summed E-state index contributed by atoms with van der Waals surface area (Å²) in [6.07, 6.45) is 1.45. The second-order valence-corrected chi connectivity index (χ2v) is 7.60. The van der Waals surface area contributed by atoms with Crippen molar-refractivity contribution in [3.63, 3.8) is 0 Å². The summed E-state index contributed by atoms with van der Waals surface area (Å²) in [5, 5.41) is 4.75. The summed E-state index contributed by atoms with van der Waals surface area (Å²) in [6.45, 7) is 4.23. The number of amides is 1. The van der Waals surface area contributed by atoms with Crippen molar-refractivity contribution >= 4 is 56.6 Å². The van der Waals surface area contributed by atoms with Crippen LogP contribution in [-0.4, -0.2) is 67.5 Å². The van der Waals surface area contributed by atoms with Crippen molar-refractivity contribution in [1.82, 2.24) is 15.0 Å². The average molecular weight is 459 g/mol. The Labute approximate surface area is 182 Å². The largest absolute Gasteiger partial charge is 0.494 e. The van der Waals surface area contributed by atoms with Crippen LogP contribution in [0, 0.1) is 0 Å². The van der Waals surface area contributed by atoms with Crippen molar-refractivity contribution in [3.05, 3.63) is 35.2 Å². The number of nitrogens with zero attached hydrogens (tertiary/aromatic N) is 4. The second-order valence-electron chi connectivity index (χ2n) is 6.21. The molecule has 1 aromatic carbocycles. The molecule has 1 aliphatic rings. The van der Waals surface area contributed by atoms with Gasteiger partial charge in [0.25, 0.3) is 5.91 Å². The van der Waals surface area contributed by atoms with E-state index in [4.69, 9.17) is 25.6 Å². The van der Waals surface area contributed by atoms with E-state index in [1.165, 1.54) is 17.5 Å². The molecular weight excluding hydrogens is 439 g/mol. The lowest BCUT2D eigenvalue weighted by molar-refractivity contribution is 0.0390. The highest BCUT2D eigenvalue weighted by molar-refractivity contribution is 7.23. The maximum absolute atomic E-state index is 13.0. The van der Waals surface area contributed by atoms with Crippen LogP contribution in [0.25, 0.3) is 10.2 Å². The molecule has 3 aromatic rings. The van der Waals surface area contributed by atoms with E-state index in [2.05, 4.69) is 15.0 Å². The van der Waals surface area contributed by atoms with E-state index >= 15 is 0 Å². The molecule has 0 N–H and O–H groups in total. The smallest absolute Gasteiger partial charge is 0.298 e. The lowest BCUT2D eigenvalue weighted by Gasteiger charge is -2.28. The Hall–Kier alpha value is -1.91. The van der Waals surface area contributed by atoms with Gasteiger partial charge in [-0.3, -0.25) is 14.6 Å². The first-order valence-electron chi connectivity index (χ1n) is 8.83. The number of rotatable bonds is 6. The standard InChI is InChI=1S/C18H19ClN4O4S.ClH/c1-25-13-3-2-12(19)16-15(13)21-18(28-16)23(17(24)14-4-5-20-27-14)7-6-22-8-10-26-11-9-22;/h2-5H,6-11H2,1H3;1H. The van der Waals surface area contributed by atoms with Crippen LogP contribution in [-0.2, 0) is 4.74 Å². The summed E-state index contributed by atoms with van der Waals surface area (Å²) in [6, 6.07) is 5.08. The predicted molar refractivity (Wildman–Crippen MR) is 114 cm³/mol. The third kappa shape index (κ3) is 4.65. The molecule has 0 spiro atoms. The minimum absolute atomic E-state index is 0. The number of aromatic nitrogens is 2. The molecule has 0 bridgehead atoms. The number of halogens is 2. The van der Waals surface area contributed by atoms with Gasteiger partial charge in [0.05, 0.1) is 36.2 Å². The first-order chi connectivity index (χ1) is 13.7. The van der Waals surface area contributed by atoms with Crippen LogP contribution >= 0.6 is 35.3 Å². The highest BCUT2D eigenvalue weighted by Crippen LogP contribution is 2.39. The zero-order valence-corrected chi connectivity index (χ0v) is 18.1. The van der Waals surface area contributed by atoms with Crippen LogP contribution in [0.2, 0.25) is 5.02 Å². The number of benzene rings is 1. The van der Waals surface area contributed by atoms with Crippen LogP contribution < -0.4 is 9.64 Å². The molecular formula is C18H20Cl2N4O4S. The quantitative estimate of drug-likeness (QED) is 0.559. The van der Waals surface area contributed by atoms with Crippen molar-refractivity contribution in [3.8, 4) is 5.75 Å². The summed E-state index contributed by atoms with van der Waals surface area (Å²) >= 11 is 7.69. The Balaban J connectivity index is 0.00000240. The Morgan fingerprint density at radius 1 is 1.34 bits per heavy atom. The molecule has 3 heterocycles. The molecule has 0 radical (unpaired) electrons. The van der Waals surface area contributed by atoms with E-state index in [0.717, 1.165) is 17.8 Å². The van der Waals surface area contributed by atoms with Gasteiger partial charge in [-0.2, -0.15) is 0 Å². The lowest BCUT2D eigenvalue weighted by Crippen LogP contribution is -2.43. The Morgan fingerprint density at radius 3 is 2.83 bits per heavy atom. The van der Waals surface area contributed by atoms with Gasteiger partial charge in [0.15, 0.2) is 5.13 Å². The van der Waals surface area contributed by atoms with Crippen LogP contribution in [0.15, 0.2) is 28.9 Å². The van der Waals surface area contributed by atoms with E-state index in [0.29, 0.717) is 47.7 Å². The summed E-state index contributed by atoms with van der Waals surface area (Å²) in [4.78, 5) is 21.6. The van der Waals surface area contributed by atoms with E-state index < -0.39 is 0 Å². The number of ether oxygens (including phenoxy) is 2. The molecule has 29 heavy (non-hydrogen) atoms. The van der Waals surface area contributed by atoms with Gasteiger partial charge < -0.3 is 14.0 Å². The molecule has 1 amide bonds. The third-order valence-electron chi connectivity index (χ3n) is 4.54. The zero-order chi connectivity index (χ0) is 19.5. The fourth-order valence-electron chi connectivity index (χ4n) is 3.03. The van der Waals surface area contributed by atoms with E-state index in [-0.39, 0.29) is 24.1 Å². The molecule has 0 aliphatic carbocycles. The molecule has 0 saturated carbocycles. The van der Waals surface area contributed by atoms with Gasteiger partial charge in [-0.05, 0) is 12.1 Å². The molecule has 0 unspecified atom stereocenters. The molecule has 0 atom stereocenters. The zero-order valence-electron chi connectivity index (χ0n) is 15.7. The number of carbonyl (C=O) groups excluding carboxylic acids is 1. The second kappa shape index (κ2) is 9.73. The monoisotopic (exact) mass is 458 g/mol. The molecule has 1 fully saturated rings. The number of fused-ring (bicyclic) bond motifs is 1. The van der Waals surface area contributed by atoms with Crippen LogP contribution in [0.3, 0.4) is 0 Å². The van der Waals surface area contributed by atoms with E-state index in [9.17, 15) is 4.79 Å². The number of thiazole rings is 1. The number of hydrogen-bond donors (Lipinski definition) is 0. The third-order valence-corrected chi connectivity index (χ3v) is 6.07. The van der Waals surface area contributed by atoms with Crippen molar-refractivity contribution in [1.29, 1.82) is 0 Å². The van der Waals surface area contributed by atoms with Crippen LogP contribution in [0.1, 0.15) is 10.6 Å². The molecule has 1 aliphatic heterocycles. The number of hydrogen-bond acceptors (Lipinski definition) is 8. The summed E-state index contributed by atoms with van der Waals surface area (Å²) in [5.41, 5.74) is 0.636. The fourth-order valence-corrected chi connectivity index (χ4v) is 4.31. The molecule has 11 heteroatoms. The fraction of sp³-hybridized carbons (Fsp3) is 0.389. The summed E-state index contributed by atoms with van der Waals surface area (Å²) in [7, 11) is 1.58. The number of anilines is 1. The highest BCUT2D eigenvalue weighted by atomic mass is 35.5. The van der Waals surface area contributed by atoms with Crippen molar-refractivity contribution in [2.75, 3.05) is 51.4 Å². The van der Waals surface area contributed by atoms with Crippen molar-refractivity contribution in [2.45, 2.75) is 0 Å². The molecule has 1 saturated heterocycles. The maximum atomic E-state index is 13.0. The molecule has 4 rings (SSSR count). The van der Waals surface area contributed by atoms with Gasteiger partial charge in [-0.25, -0.2) is 4.98 Å². The first-order valence-corrected chi connectivity index (χ1v) is 10.0. The Morgan fingerprint density at radius 2 is 2.14 bits per heavy atom. The predicted octanol–water partition coefficient (Wildman–Crippen LogP) is 3.35. The lowest BCUT2D eigenvalue weighted by atomic mass is 10.3. The van der Waals surface area contributed by atoms with Crippen molar-refractivity contribution in [2.24, 2.45) is 0 Å². The molecule has 156 valence electrons. The molecule has 8 nitrogen and oxygen atoms in total. The highest BCUT2D eigenvalue weighted by Gasteiger charge is 2.26. The SMILES string of the molecule is COc1ccc(Cl)c2sc(N(CCN3CCOCC3)C(=O)c3ccno3)nc12.Cl. The van der Waals surface area contributed by atoms with Gasteiger partial charge in [-0.1, -0.05) is 28.1 Å². The van der Waals surface area contributed by atoms with Crippen molar-refractivity contribution < 1.29 is 18.8 Å². The van der Waals surface area contributed by atoms with Gasteiger partial charge in [0.2, 0.25) is 5.76 Å². The van der Waals surface area contributed by atoms with Crippen LogP contribution in [0.4, 0.5) is 5.13 Å². The minimum Gasteiger partial charge on any atom is -0.494 e. The average Bonchev–Trinajstić information content (AvgIpc) is 3.40. The van der Waals surface area contributed by atoms with Gasteiger partial charge in [0, 0.05) is 32.2 Å². The topological polar surface area (TPSA) is 80.9 Å². The first kappa shape index (κ1) is 21.8. The minimum atomic E-state index is -0.292.